The summed E-state index contributed by atoms with van der Waals surface area (Å²) in [6.45, 7) is 5.66. The van der Waals surface area contributed by atoms with Crippen molar-refractivity contribution in [3.05, 3.63) is 35.4 Å². The van der Waals surface area contributed by atoms with Gasteiger partial charge in [-0.05, 0) is 61.1 Å². The summed E-state index contributed by atoms with van der Waals surface area (Å²) in [5.74, 6) is 1.23. The Kier molecular flexibility index (Phi) is 4.84. The van der Waals surface area contributed by atoms with Crippen molar-refractivity contribution in [2.45, 2.75) is 52.0 Å². The molecular weight excluding hydrogens is 306 g/mol. The predicted molar refractivity (Wildman–Crippen MR) is 95.3 cm³/mol. The van der Waals surface area contributed by atoms with Gasteiger partial charge in [-0.15, -0.1) is 0 Å². The Morgan fingerprint density at radius 2 is 1.87 bits per heavy atom. The lowest BCUT2D eigenvalue weighted by Crippen LogP contribution is -2.34. The smallest absolute Gasteiger partial charge is 0.150 e. The van der Waals surface area contributed by atoms with Crippen molar-refractivity contribution in [1.82, 2.24) is 5.32 Å². The second-order valence-electron chi connectivity index (χ2n) is 8.12. The van der Waals surface area contributed by atoms with Crippen molar-refractivity contribution in [2.75, 3.05) is 18.1 Å². The molecule has 0 bridgehead atoms. The maximum Gasteiger partial charge on any atom is 0.150 e. The van der Waals surface area contributed by atoms with Crippen LogP contribution >= 0.6 is 0 Å². The van der Waals surface area contributed by atoms with Gasteiger partial charge in [-0.3, -0.25) is 0 Å². The van der Waals surface area contributed by atoms with Crippen LogP contribution in [0.5, 0.6) is 0 Å². The molecule has 1 unspecified atom stereocenters. The molecule has 1 heterocycles. The molecule has 3 rings (SSSR count). The largest absolute Gasteiger partial charge is 0.310 e. The molecule has 1 atom stereocenters. The fourth-order valence-corrected chi connectivity index (χ4v) is 5.56. The van der Waals surface area contributed by atoms with Gasteiger partial charge in [-0.25, -0.2) is 8.42 Å². The predicted octanol–water partition coefficient (Wildman–Crippen LogP) is 3.50. The van der Waals surface area contributed by atoms with Gasteiger partial charge < -0.3 is 5.32 Å². The van der Waals surface area contributed by atoms with E-state index in [1.54, 1.807) is 0 Å². The van der Waals surface area contributed by atoms with Crippen molar-refractivity contribution < 1.29 is 8.42 Å². The van der Waals surface area contributed by atoms with Crippen LogP contribution in [-0.4, -0.2) is 26.5 Å². The highest BCUT2D eigenvalue weighted by Crippen LogP contribution is 2.39. The number of rotatable bonds is 3. The monoisotopic (exact) mass is 335 g/mol. The van der Waals surface area contributed by atoms with Gasteiger partial charge in [-0.1, -0.05) is 38.1 Å². The van der Waals surface area contributed by atoms with Gasteiger partial charge in [0.25, 0.3) is 0 Å². The van der Waals surface area contributed by atoms with Crippen molar-refractivity contribution >= 4 is 9.84 Å². The minimum Gasteiger partial charge on any atom is -0.310 e. The number of benzene rings is 1. The summed E-state index contributed by atoms with van der Waals surface area (Å²) in [6.07, 6.45) is 5.15. The number of nitrogens with one attached hydrogen (secondary N) is 1. The van der Waals surface area contributed by atoms with Gasteiger partial charge in [0.2, 0.25) is 0 Å². The summed E-state index contributed by atoms with van der Waals surface area (Å²) < 4.78 is 23.2. The maximum atomic E-state index is 11.6. The van der Waals surface area contributed by atoms with Gasteiger partial charge in [0.05, 0.1) is 11.5 Å². The highest BCUT2D eigenvalue weighted by Gasteiger charge is 2.30. The number of aryl methyl sites for hydroxylation is 1. The lowest BCUT2D eigenvalue weighted by molar-refractivity contribution is 0.265. The van der Waals surface area contributed by atoms with E-state index in [0.717, 1.165) is 32.2 Å². The number of hydrogen-bond acceptors (Lipinski definition) is 3. The first kappa shape index (κ1) is 17.0. The highest BCUT2D eigenvalue weighted by molar-refractivity contribution is 7.91. The number of hydrogen-bond donors (Lipinski definition) is 1. The van der Waals surface area contributed by atoms with Crippen LogP contribution in [0.25, 0.3) is 0 Å². The molecule has 128 valence electrons. The Morgan fingerprint density at radius 3 is 2.61 bits per heavy atom. The summed E-state index contributed by atoms with van der Waals surface area (Å²) in [6, 6.07) is 9.19. The summed E-state index contributed by atoms with van der Waals surface area (Å²) in [4.78, 5) is 0. The number of sulfone groups is 1. The van der Waals surface area contributed by atoms with Crippen LogP contribution in [0, 0.1) is 11.3 Å². The van der Waals surface area contributed by atoms with E-state index in [2.05, 4.69) is 43.4 Å². The average molecular weight is 336 g/mol. The van der Waals surface area contributed by atoms with Crippen LogP contribution in [0.1, 0.15) is 56.7 Å². The Hall–Kier alpha value is -0.870. The average Bonchev–Trinajstić information content (AvgIpc) is 2.63. The van der Waals surface area contributed by atoms with Crippen LogP contribution in [0.15, 0.2) is 24.3 Å². The maximum absolute atomic E-state index is 11.6. The fourth-order valence-electron chi connectivity index (χ4n) is 3.97. The molecule has 1 N–H and O–H groups in total. The molecule has 0 spiro atoms. The third-order valence-corrected chi connectivity index (χ3v) is 7.30. The van der Waals surface area contributed by atoms with Crippen molar-refractivity contribution in [3.63, 3.8) is 0 Å². The zero-order valence-electron chi connectivity index (χ0n) is 14.3. The second kappa shape index (κ2) is 6.56. The molecule has 1 saturated heterocycles. The summed E-state index contributed by atoms with van der Waals surface area (Å²) in [5.41, 5.74) is 3.26. The molecule has 1 aromatic carbocycles. The quantitative estimate of drug-likeness (QED) is 0.860. The van der Waals surface area contributed by atoms with Gasteiger partial charge in [-0.2, -0.15) is 0 Å². The molecule has 0 aromatic heterocycles. The molecule has 0 radical (unpaired) electrons. The minimum atomic E-state index is -2.76. The second-order valence-corrected chi connectivity index (χ2v) is 10.4. The fraction of sp³-hybridized carbons (Fsp3) is 0.684. The molecule has 0 saturated carbocycles. The molecular formula is C19H29NO2S. The van der Waals surface area contributed by atoms with E-state index in [9.17, 15) is 8.42 Å². The Balaban J connectivity index is 1.68. The summed E-state index contributed by atoms with van der Waals surface area (Å²) in [7, 11) is -2.76. The molecule has 1 aliphatic carbocycles. The molecule has 3 nitrogen and oxygen atoms in total. The zero-order chi connectivity index (χ0) is 16.5. The van der Waals surface area contributed by atoms with Crippen LogP contribution in [0.3, 0.4) is 0 Å². The Bertz CT molecular complexity index is 637. The van der Waals surface area contributed by atoms with E-state index in [1.165, 1.54) is 17.5 Å². The molecule has 4 heteroatoms. The molecule has 0 amide bonds. The third kappa shape index (κ3) is 4.36. The van der Waals surface area contributed by atoms with E-state index in [-0.39, 0.29) is 0 Å². The number of fused-ring (bicyclic) bond motifs is 1. The van der Waals surface area contributed by atoms with E-state index in [1.807, 2.05) is 0 Å². The standard InChI is InChI=1S/C19H29NO2S/c1-19(2)10-7-16-5-3-4-6-17(16)18(13-19)20-14-15-8-11-23(21,22)12-9-15/h3-6,15,18,20H,7-14H2,1-2H3. The minimum absolute atomic E-state index is 0.340. The first-order valence-corrected chi connectivity index (χ1v) is 10.7. The van der Waals surface area contributed by atoms with Crippen LogP contribution in [0.4, 0.5) is 0 Å². The van der Waals surface area contributed by atoms with Crippen molar-refractivity contribution in [1.29, 1.82) is 0 Å². The zero-order valence-corrected chi connectivity index (χ0v) is 15.2. The van der Waals surface area contributed by atoms with Gasteiger partial charge in [0.1, 0.15) is 9.84 Å². The van der Waals surface area contributed by atoms with Gasteiger partial charge >= 0.3 is 0 Å². The van der Waals surface area contributed by atoms with E-state index < -0.39 is 9.84 Å². The van der Waals surface area contributed by atoms with Crippen molar-refractivity contribution in [2.24, 2.45) is 11.3 Å². The summed E-state index contributed by atoms with van der Waals surface area (Å²) >= 11 is 0. The first-order valence-electron chi connectivity index (χ1n) is 8.86. The molecule has 1 aromatic rings. The topological polar surface area (TPSA) is 46.2 Å². The van der Waals surface area contributed by atoms with E-state index in [4.69, 9.17) is 0 Å². The van der Waals surface area contributed by atoms with Crippen LogP contribution in [0.2, 0.25) is 0 Å². The molecule has 1 fully saturated rings. The lowest BCUT2D eigenvalue weighted by atomic mass is 9.83. The Morgan fingerprint density at radius 1 is 1.17 bits per heavy atom. The van der Waals surface area contributed by atoms with E-state index in [0.29, 0.717) is 28.9 Å². The molecule has 1 aliphatic heterocycles. The Labute approximate surface area is 140 Å². The normalized spacial score (nSPS) is 27.1. The van der Waals surface area contributed by atoms with Gasteiger partial charge in [0, 0.05) is 6.04 Å². The lowest BCUT2D eigenvalue weighted by Gasteiger charge is -2.30. The summed E-state index contributed by atoms with van der Waals surface area (Å²) in [5, 5.41) is 3.78. The molecule has 2 aliphatic rings. The van der Waals surface area contributed by atoms with Gasteiger partial charge in [0.15, 0.2) is 0 Å². The molecule has 23 heavy (non-hydrogen) atoms. The van der Waals surface area contributed by atoms with Crippen molar-refractivity contribution in [3.8, 4) is 0 Å². The highest BCUT2D eigenvalue weighted by atomic mass is 32.2. The van der Waals surface area contributed by atoms with Crippen LogP contribution < -0.4 is 5.32 Å². The SMILES string of the molecule is CC1(C)CCc2ccccc2C(NCC2CCS(=O)(=O)CC2)C1. The van der Waals surface area contributed by atoms with Crippen LogP contribution in [-0.2, 0) is 16.3 Å². The first-order chi connectivity index (χ1) is 10.8. The third-order valence-electron chi connectivity index (χ3n) is 5.59. The van der Waals surface area contributed by atoms with E-state index >= 15 is 0 Å².